The Balaban J connectivity index is 2.63. The van der Waals surface area contributed by atoms with Crippen molar-refractivity contribution in [3.63, 3.8) is 0 Å². The lowest BCUT2D eigenvalue weighted by Crippen LogP contribution is -2.39. The summed E-state index contributed by atoms with van der Waals surface area (Å²) in [6, 6.07) is 11.5. The summed E-state index contributed by atoms with van der Waals surface area (Å²) in [5.74, 6) is -0.818. The lowest BCUT2D eigenvalue weighted by Gasteiger charge is -2.34. The van der Waals surface area contributed by atoms with Crippen molar-refractivity contribution in [3.05, 3.63) is 91.4 Å². The summed E-state index contributed by atoms with van der Waals surface area (Å²) >= 11 is 24.6. The third-order valence-electron chi connectivity index (χ3n) is 4.35. The molecule has 0 heterocycles. The first-order chi connectivity index (χ1) is 13.5. The van der Waals surface area contributed by atoms with Crippen LogP contribution in [-0.4, -0.2) is 23.2 Å². The molecule has 3 aromatic carbocycles. The molecule has 0 aliphatic heterocycles. The molecule has 0 bridgehead atoms. The fraction of sp³-hybridized carbons (Fsp3) is 0.0526. The van der Waals surface area contributed by atoms with Crippen molar-refractivity contribution in [1.29, 1.82) is 0 Å². The lowest BCUT2D eigenvalue weighted by atomic mass is 9.83. The van der Waals surface area contributed by atoms with Gasteiger partial charge < -0.3 is 10.2 Å². The highest BCUT2D eigenvalue weighted by Crippen LogP contribution is 2.51. The number of hydrogen-bond donors (Lipinski definition) is 3. The van der Waals surface area contributed by atoms with Crippen molar-refractivity contribution in [3.8, 4) is 11.5 Å². The van der Waals surface area contributed by atoms with Gasteiger partial charge in [-0.25, -0.2) is 0 Å². The second-order valence-corrected chi connectivity index (χ2v) is 9.34. The Morgan fingerprint density at radius 3 is 1.93 bits per heavy atom. The van der Waals surface area contributed by atoms with Crippen LogP contribution in [0.4, 0.5) is 0 Å². The van der Waals surface area contributed by atoms with Gasteiger partial charge in [0.15, 0.2) is 4.75 Å². The van der Waals surface area contributed by atoms with Crippen LogP contribution >= 0.6 is 46.4 Å². The van der Waals surface area contributed by atoms with Crippen LogP contribution in [-0.2, 0) is 14.9 Å². The van der Waals surface area contributed by atoms with Crippen molar-refractivity contribution in [1.82, 2.24) is 0 Å². The van der Waals surface area contributed by atoms with E-state index in [0.717, 1.165) is 6.07 Å². The van der Waals surface area contributed by atoms with E-state index in [1.165, 1.54) is 48.5 Å². The quantitative estimate of drug-likeness (QED) is 0.311. The first kappa shape index (κ1) is 22.0. The Kier molecular flexibility index (Phi) is 5.98. The fourth-order valence-electron chi connectivity index (χ4n) is 3.21. The number of hydrogen-bond acceptors (Lipinski definition) is 4. The smallest absolute Gasteiger partial charge is 0.283 e. The molecule has 152 valence electrons. The van der Waals surface area contributed by atoms with Crippen LogP contribution in [0.2, 0.25) is 20.1 Å². The molecule has 0 saturated carbocycles. The highest BCUT2D eigenvalue weighted by atomic mass is 35.5. The molecule has 3 N–H and O–H groups in total. The van der Waals surface area contributed by atoms with Crippen molar-refractivity contribution in [2.45, 2.75) is 4.75 Å². The monoisotopic (exact) mass is 492 g/mol. The summed E-state index contributed by atoms with van der Waals surface area (Å²) in [6.07, 6.45) is 0. The number of benzene rings is 3. The van der Waals surface area contributed by atoms with Crippen molar-refractivity contribution in [2.24, 2.45) is 0 Å². The second-order valence-electron chi connectivity index (χ2n) is 6.12. The normalized spacial score (nSPS) is 13.8. The molecule has 0 spiro atoms. The van der Waals surface area contributed by atoms with Crippen molar-refractivity contribution < 1.29 is 23.2 Å². The topological polar surface area (TPSA) is 94.8 Å². The molecular formula is C19H12Cl4O5S. The zero-order valence-corrected chi connectivity index (χ0v) is 18.1. The van der Waals surface area contributed by atoms with E-state index >= 15 is 0 Å². The van der Waals surface area contributed by atoms with E-state index in [9.17, 15) is 23.2 Å². The van der Waals surface area contributed by atoms with E-state index in [4.69, 9.17) is 46.4 Å². The average molecular weight is 494 g/mol. The molecular weight excluding hydrogens is 482 g/mol. The summed E-state index contributed by atoms with van der Waals surface area (Å²) in [5, 5.41) is 19.9. The maximum Gasteiger partial charge on any atom is 0.283 e. The Bertz CT molecular complexity index is 1180. The Morgan fingerprint density at radius 1 is 0.759 bits per heavy atom. The highest BCUT2D eigenvalue weighted by Gasteiger charge is 2.51. The van der Waals surface area contributed by atoms with E-state index in [1.807, 2.05) is 0 Å². The molecule has 0 saturated heterocycles. The van der Waals surface area contributed by atoms with Gasteiger partial charge in [-0.05, 0) is 53.6 Å². The van der Waals surface area contributed by atoms with Crippen LogP contribution in [0.1, 0.15) is 16.7 Å². The van der Waals surface area contributed by atoms with Crippen LogP contribution in [0.25, 0.3) is 0 Å². The maximum absolute atomic E-state index is 13.0. The maximum atomic E-state index is 13.0. The molecule has 1 unspecified atom stereocenters. The van der Waals surface area contributed by atoms with Crippen molar-refractivity contribution >= 4 is 56.5 Å². The van der Waals surface area contributed by atoms with Gasteiger partial charge in [-0.1, -0.05) is 58.5 Å². The Hall–Kier alpha value is -1.67. The van der Waals surface area contributed by atoms with E-state index < -0.39 is 25.6 Å². The van der Waals surface area contributed by atoms with Crippen LogP contribution in [0, 0.1) is 0 Å². The largest absolute Gasteiger partial charge is 0.508 e. The highest BCUT2D eigenvalue weighted by molar-refractivity contribution is 7.87. The van der Waals surface area contributed by atoms with E-state index in [0.29, 0.717) is 5.02 Å². The molecule has 0 radical (unpaired) electrons. The first-order valence-corrected chi connectivity index (χ1v) is 10.8. The third kappa shape index (κ3) is 3.77. The molecule has 3 rings (SSSR count). The molecule has 0 aliphatic rings. The molecule has 29 heavy (non-hydrogen) atoms. The van der Waals surface area contributed by atoms with E-state index in [-0.39, 0.29) is 32.5 Å². The summed E-state index contributed by atoms with van der Waals surface area (Å²) in [7, 11) is -5.09. The molecule has 1 atom stereocenters. The number of phenolic OH excluding ortho intramolecular Hbond substituents is 2. The van der Waals surface area contributed by atoms with Gasteiger partial charge in [0, 0.05) is 20.6 Å². The minimum Gasteiger partial charge on any atom is -0.508 e. The van der Waals surface area contributed by atoms with Gasteiger partial charge in [-0.2, -0.15) is 8.42 Å². The van der Waals surface area contributed by atoms with Gasteiger partial charge in [-0.15, -0.1) is 0 Å². The standard InChI is InChI=1S/C19H12Cl4O5S/c20-12-3-1-10(2-4-12)19(29(26,27)28,11-7-13(21)9-14(24)8-11)17-15(22)5-6-16(25)18(17)23/h1-9,24-25H,(H,26,27,28). The SMILES string of the molecule is O=S(=O)(O)C(c1ccc(Cl)cc1)(c1cc(O)cc(Cl)c1)c1c(Cl)ccc(O)c1Cl. The minimum absolute atomic E-state index is 0.000432. The fourth-order valence-corrected chi connectivity index (χ4v) is 5.65. The number of aromatic hydroxyl groups is 2. The number of phenols is 2. The first-order valence-electron chi connectivity index (χ1n) is 7.89. The number of halogens is 4. The molecule has 0 fully saturated rings. The predicted molar refractivity (Wildman–Crippen MR) is 114 cm³/mol. The van der Waals surface area contributed by atoms with Gasteiger partial charge in [0.1, 0.15) is 11.5 Å². The summed E-state index contributed by atoms with van der Waals surface area (Å²) in [4.78, 5) is 0. The molecule has 5 nitrogen and oxygen atoms in total. The van der Waals surface area contributed by atoms with Gasteiger partial charge in [0.05, 0.1) is 5.02 Å². The zero-order chi connectivity index (χ0) is 21.6. The summed E-state index contributed by atoms with van der Waals surface area (Å²) in [6.45, 7) is 0. The molecule has 0 aliphatic carbocycles. The van der Waals surface area contributed by atoms with Gasteiger partial charge in [-0.3, -0.25) is 4.55 Å². The van der Waals surface area contributed by atoms with E-state index in [1.54, 1.807) is 0 Å². The molecule has 3 aromatic rings. The lowest BCUT2D eigenvalue weighted by molar-refractivity contribution is 0.455. The Morgan fingerprint density at radius 2 is 1.38 bits per heavy atom. The van der Waals surface area contributed by atoms with Crippen LogP contribution < -0.4 is 0 Å². The third-order valence-corrected chi connectivity index (χ3v) is 6.97. The zero-order valence-electron chi connectivity index (χ0n) is 14.3. The van der Waals surface area contributed by atoms with Crippen LogP contribution in [0.5, 0.6) is 11.5 Å². The Labute approximate surface area is 186 Å². The van der Waals surface area contributed by atoms with E-state index in [2.05, 4.69) is 0 Å². The van der Waals surface area contributed by atoms with Crippen LogP contribution in [0.15, 0.2) is 54.6 Å². The van der Waals surface area contributed by atoms with Crippen LogP contribution in [0.3, 0.4) is 0 Å². The average Bonchev–Trinajstić information content (AvgIpc) is 2.61. The van der Waals surface area contributed by atoms with Gasteiger partial charge in [0.25, 0.3) is 10.1 Å². The number of rotatable bonds is 4. The van der Waals surface area contributed by atoms with Gasteiger partial charge in [0.2, 0.25) is 0 Å². The summed E-state index contributed by atoms with van der Waals surface area (Å²) < 4.78 is 34.0. The van der Waals surface area contributed by atoms with Gasteiger partial charge >= 0.3 is 0 Å². The molecule has 10 heteroatoms. The molecule has 0 aromatic heterocycles. The molecule has 0 amide bonds. The second kappa shape index (κ2) is 7.87. The summed E-state index contributed by atoms with van der Waals surface area (Å²) in [5.41, 5.74) is -0.463. The minimum atomic E-state index is -5.09. The van der Waals surface area contributed by atoms with Crippen molar-refractivity contribution in [2.75, 3.05) is 0 Å². The predicted octanol–water partition coefficient (Wildman–Crippen LogP) is 5.89.